The van der Waals surface area contributed by atoms with Crippen LogP contribution in [-0.2, 0) is 0 Å². The van der Waals surface area contributed by atoms with Gasteiger partial charge in [0.25, 0.3) is 0 Å². The van der Waals surface area contributed by atoms with Crippen molar-refractivity contribution in [2.45, 2.75) is 51.2 Å². The minimum Gasteiger partial charge on any atom is -0.487 e. The fraction of sp³-hybridized carbons (Fsp3) is 0.625. The molecule has 1 heterocycles. The Labute approximate surface area is 110 Å². The third-order valence-electron chi connectivity index (χ3n) is 5.14. The number of rotatable bonds is 0. The largest absolute Gasteiger partial charge is 0.487 e. The molecule has 1 fully saturated rings. The third kappa shape index (κ3) is 1.74. The summed E-state index contributed by atoms with van der Waals surface area (Å²) in [5.74, 6) is 2.33. The third-order valence-corrected chi connectivity index (χ3v) is 5.14. The number of benzene rings is 1. The smallest absolute Gasteiger partial charge is 0.124 e. The van der Waals surface area contributed by atoms with E-state index in [9.17, 15) is 0 Å². The van der Waals surface area contributed by atoms with Gasteiger partial charge in [-0.25, -0.2) is 0 Å². The van der Waals surface area contributed by atoms with E-state index in [-0.39, 0.29) is 11.6 Å². The van der Waals surface area contributed by atoms with Crippen LogP contribution >= 0.6 is 0 Å². The Balaban J connectivity index is 1.97. The van der Waals surface area contributed by atoms with Crippen LogP contribution in [0.5, 0.6) is 5.75 Å². The van der Waals surface area contributed by atoms with Gasteiger partial charge in [-0.05, 0) is 30.7 Å². The molecule has 18 heavy (non-hydrogen) atoms. The Morgan fingerprint density at radius 2 is 2.06 bits per heavy atom. The van der Waals surface area contributed by atoms with Gasteiger partial charge in [0.15, 0.2) is 0 Å². The van der Waals surface area contributed by atoms with Gasteiger partial charge in [-0.1, -0.05) is 38.5 Å². The van der Waals surface area contributed by atoms with Crippen LogP contribution in [0, 0.1) is 11.8 Å². The van der Waals surface area contributed by atoms with Gasteiger partial charge in [-0.3, -0.25) is 0 Å². The van der Waals surface area contributed by atoms with Crippen molar-refractivity contribution in [3.05, 3.63) is 29.8 Å². The lowest BCUT2D eigenvalue weighted by Gasteiger charge is -2.49. The lowest BCUT2D eigenvalue weighted by Crippen LogP contribution is -2.51. The molecule has 1 aliphatic carbocycles. The molecule has 0 aromatic heterocycles. The first kappa shape index (κ1) is 12.0. The van der Waals surface area contributed by atoms with Gasteiger partial charge in [0.05, 0.1) is 0 Å². The Morgan fingerprint density at radius 3 is 2.89 bits per heavy atom. The van der Waals surface area contributed by atoms with Crippen LogP contribution in [0.15, 0.2) is 24.3 Å². The number of hydrogen-bond acceptors (Lipinski definition) is 2. The van der Waals surface area contributed by atoms with Crippen LogP contribution < -0.4 is 10.5 Å². The van der Waals surface area contributed by atoms with Gasteiger partial charge in [0, 0.05) is 18.0 Å². The van der Waals surface area contributed by atoms with E-state index < -0.39 is 0 Å². The summed E-state index contributed by atoms with van der Waals surface area (Å²) >= 11 is 0. The molecule has 2 nitrogen and oxygen atoms in total. The fourth-order valence-corrected chi connectivity index (χ4v) is 3.77. The molecule has 1 saturated carbocycles. The summed E-state index contributed by atoms with van der Waals surface area (Å²) < 4.78 is 6.43. The number of ether oxygens (including phenoxy) is 1. The quantitative estimate of drug-likeness (QED) is 0.757. The summed E-state index contributed by atoms with van der Waals surface area (Å²) in [5.41, 5.74) is 7.53. The predicted molar refractivity (Wildman–Crippen MR) is 73.5 cm³/mol. The topological polar surface area (TPSA) is 35.2 Å². The van der Waals surface area contributed by atoms with Gasteiger partial charge in [0.2, 0.25) is 0 Å². The average Bonchev–Trinajstić information content (AvgIpc) is 2.36. The van der Waals surface area contributed by atoms with E-state index >= 15 is 0 Å². The van der Waals surface area contributed by atoms with Gasteiger partial charge in [-0.2, -0.15) is 0 Å². The maximum atomic E-state index is 6.43. The molecule has 98 valence electrons. The molecule has 1 aliphatic heterocycles. The normalized spacial score (nSPS) is 39.2. The molecule has 1 spiro atoms. The van der Waals surface area contributed by atoms with Crippen molar-refractivity contribution in [1.29, 1.82) is 0 Å². The SMILES string of the molecule is CC1CCCC2(CC(N)c3ccccc3O2)C1C. The molecule has 4 atom stereocenters. The zero-order valence-corrected chi connectivity index (χ0v) is 11.4. The summed E-state index contributed by atoms with van der Waals surface area (Å²) in [6.45, 7) is 4.69. The van der Waals surface area contributed by atoms with E-state index in [1.54, 1.807) is 0 Å². The predicted octanol–water partition coefficient (Wildman–Crippen LogP) is 3.66. The second kappa shape index (κ2) is 4.27. The van der Waals surface area contributed by atoms with Crippen LogP contribution in [0.25, 0.3) is 0 Å². The first-order valence-electron chi connectivity index (χ1n) is 7.16. The number of nitrogens with two attached hydrogens (primary N) is 1. The van der Waals surface area contributed by atoms with Crippen LogP contribution in [0.4, 0.5) is 0 Å². The lowest BCUT2D eigenvalue weighted by molar-refractivity contribution is -0.0614. The highest BCUT2D eigenvalue weighted by atomic mass is 16.5. The Morgan fingerprint density at radius 1 is 1.28 bits per heavy atom. The summed E-state index contributed by atoms with van der Waals surface area (Å²) in [6.07, 6.45) is 4.71. The molecule has 0 radical (unpaired) electrons. The molecule has 0 amide bonds. The summed E-state index contributed by atoms with van der Waals surface area (Å²) in [4.78, 5) is 0. The van der Waals surface area contributed by atoms with E-state index in [1.165, 1.54) is 18.4 Å². The molecule has 4 unspecified atom stereocenters. The molecule has 1 aromatic rings. The van der Waals surface area contributed by atoms with Gasteiger partial charge in [0.1, 0.15) is 11.4 Å². The minimum atomic E-state index is -0.0224. The molecular weight excluding hydrogens is 222 g/mol. The molecule has 0 saturated heterocycles. The molecule has 2 N–H and O–H groups in total. The van der Waals surface area contributed by atoms with E-state index in [1.807, 2.05) is 12.1 Å². The molecular formula is C16H23NO. The molecule has 3 rings (SSSR count). The van der Waals surface area contributed by atoms with Crippen molar-refractivity contribution >= 4 is 0 Å². The number of para-hydroxylation sites is 1. The maximum absolute atomic E-state index is 6.43. The van der Waals surface area contributed by atoms with E-state index in [4.69, 9.17) is 10.5 Å². The highest BCUT2D eigenvalue weighted by molar-refractivity contribution is 5.39. The van der Waals surface area contributed by atoms with Crippen molar-refractivity contribution in [2.75, 3.05) is 0 Å². The fourth-order valence-electron chi connectivity index (χ4n) is 3.77. The molecule has 2 heteroatoms. The van der Waals surface area contributed by atoms with E-state index in [0.29, 0.717) is 5.92 Å². The Kier molecular flexibility index (Phi) is 2.86. The van der Waals surface area contributed by atoms with Crippen molar-refractivity contribution in [2.24, 2.45) is 17.6 Å². The summed E-state index contributed by atoms with van der Waals surface area (Å²) in [6, 6.07) is 8.39. The van der Waals surface area contributed by atoms with Crippen molar-refractivity contribution < 1.29 is 4.74 Å². The Bertz CT molecular complexity index is 444. The Hall–Kier alpha value is -1.02. The lowest BCUT2D eigenvalue weighted by atomic mass is 9.66. The average molecular weight is 245 g/mol. The van der Waals surface area contributed by atoms with Crippen LogP contribution in [0.1, 0.15) is 51.1 Å². The number of hydrogen-bond donors (Lipinski definition) is 1. The number of fused-ring (bicyclic) bond motifs is 1. The second-order valence-corrected chi connectivity index (χ2v) is 6.17. The van der Waals surface area contributed by atoms with Crippen LogP contribution in [0.2, 0.25) is 0 Å². The van der Waals surface area contributed by atoms with E-state index in [2.05, 4.69) is 26.0 Å². The van der Waals surface area contributed by atoms with E-state index in [0.717, 1.165) is 24.5 Å². The maximum Gasteiger partial charge on any atom is 0.124 e. The van der Waals surface area contributed by atoms with Crippen molar-refractivity contribution in [1.82, 2.24) is 0 Å². The standard InChI is InChI=1S/C16H23NO/c1-11-6-5-9-16(12(11)2)10-14(17)13-7-3-4-8-15(13)18-16/h3-4,7-8,11-12,14H,5-6,9-10,17H2,1-2H3. The minimum absolute atomic E-state index is 0.0224. The van der Waals surface area contributed by atoms with Gasteiger partial charge >= 0.3 is 0 Å². The van der Waals surface area contributed by atoms with Gasteiger partial charge < -0.3 is 10.5 Å². The van der Waals surface area contributed by atoms with Crippen LogP contribution in [-0.4, -0.2) is 5.60 Å². The summed E-state index contributed by atoms with van der Waals surface area (Å²) in [7, 11) is 0. The van der Waals surface area contributed by atoms with Crippen LogP contribution in [0.3, 0.4) is 0 Å². The zero-order valence-electron chi connectivity index (χ0n) is 11.4. The van der Waals surface area contributed by atoms with Gasteiger partial charge in [-0.15, -0.1) is 0 Å². The molecule has 1 aromatic carbocycles. The highest BCUT2D eigenvalue weighted by Gasteiger charge is 2.47. The first-order chi connectivity index (χ1) is 8.62. The zero-order chi connectivity index (χ0) is 12.8. The monoisotopic (exact) mass is 245 g/mol. The first-order valence-corrected chi connectivity index (χ1v) is 7.16. The summed E-state index contributed by atoms with van der Waals surface area (Å²) in [5, 5.41) is 0. The molecule has 2 aliphatic rings. The van der Waals surface area contributed by atoms with Crippen molar-refractivity contribution in [3.8, 4) is 5.75 Å². The molecule has 0 bridgehead atoms. The second-order valence-electron chi connectivity index (χ2n) is 6.17. The highest BCUT2D eigenvalue weighted by Crippen LogP contribution is 2.49. The van der Waals surface area contributed by atoms with Crippen molar-refractivity contribution in [3.63, 3.8) is 0 Å².